The van der Waals surface area contributed by atoms with E-state index in [2.05, 4.69) is 10.3 Å². The average Bonchev–Trinajstić information content (AvgIpc) is 3.17. The SMILES string of the molecule is O=C(c1ccccc1)c1ccccc1-c1csc(Nc2ccccc2)n1. The van der Waals surface area contributed by atoms with Gasteiger partial charge in [-0.1, -0.05) is 72.8 Å². The molecule has 4 rings (SSSR count). The number of anilines is 2. The normalized spacial score (nSPS) is 10.5. The highest BCUT2D eigenvalue weighted by molar-refractivity contribution is 7.14. The Hall–Kier alpha value is -3.24. The molecule has 4 aromatic rings. The monoisotopic (exact) mass is 356 g/mol. The molecule has 0 aliphatic carbocycles. The van der Waals surface area contributed by atoms with E-state index in [4.69, 9.17) is 0 Å². The molecule has 0 atom stereocenters. The summed E-state index contributed by atoms with van der Waals surface area (Å²) in [4.78, 5) is 17.6. The average molecular weight is 356 g/mol. The Kier molecular flexibility index (Phi) is 4.58. The van der Waals surface area contributed by atoms with E-state index in [1.165, 1.54) is 11.3 Å². The Morgan fingerprint density at radius 1 is 0.808 bits per heavy atom. The standard InChI is InChI=1S/C22H16N2OS/c25-21(16-9-3-1-4-10-16)19-14-8-7-13-18(19)20-15-26-22(24-20)23-17-11-5-2-6-12-17/h1-15H,(H,23,24). The smallest absolute Gasteiger partial charge is 0.193 e. The summed E-state index contributed by atoms with van der Waals surface area (Å²) in [6, 6.07) is 26.9. The van der Waals surface area contributed by atoms with Crippen LogP contribution >= 0.6 is 11.3 Å². The third-order valence-corrected chi connectivity index (χ3v) is 4.77. The molecule has 4 heteroatoms. The van der Waals surface area contributed by atoms with Crippen molar-refractivity contribution in [3.63, 3.8) is 0 Å². The first-order valence-corrected chi connectivity index (χ1v) is 9.16. The predicted octanol–water partition coefficient (Wildman–Crippen LogP) is 5.78. The lowest BCUT2D eigenvalue weighted by atomic mass is 9.97. The van der Waals surface area contributed by atoms with Gasteiger partial charge >= 0.3 is 0 Å². The van der Waals surface area contributed by atoms with Gasteiger partial charge in [0.1, 0.15) is 0 Å². The zero-order valence-corrected chi connectivity index (χ0v) is 14.7. The van der Waals surface area contributed by atoms with E-state index in [0.29, 0.717) is 11.1 Å². The highest BCUT2D eigenvalue weighted by Crippen LogP contribution is 2.30. The number of ketones is 1. The number of nitrogens with one attached hydrogen (secondary N) is 1. The topological polar surface area (TPSA) is 42.0 Å². The van der Waals surface area contributed by atoms with E-state index in [-0.39, 0.29) is 5.78 Å². The zero-order chi connectivity index (χ0) is 17.8. The summed E-state index contributed by atoms with van der Waals surface area (Å²) in [5, 5.41) is 6.07. The van der Waals surface area contributed by atoms with Crippen molar-refractivity contribution in [2.45, 2.75) is 0 Å². The molecule has 3 nitrogen and oxygen atoms in total. The first-order chi connectivity index (χ1) is 12.8. The number of thiazole rings is 1. The Balaban J connectivity index is 1.66. The maximum absolute atomic E-state index is 12.9. The lowest BCUT2D eigenvalue weighted by Gasteiger charge is -2.07. The number of benzene rings is 3. The Bertz CT molecular complexity index is 1030. The summed E-state index contributed by atoms with van der Waals surface area (Å²) in [6.45, 7) is 0. The molecule has 0 bridgehead atoms. The number of hydrogen-bond donors (Lipinski definition) is 1. The largest absolute Gasteiger partial charge is 0.332 e. The summed E-state index contributed by atoms with van der Waals surface area (Å²) in [5.41, 5.74) is 3.97. The minimum atomic E-state index is 0.00627. The quantitative estimate of drug-likeness (QED) is 0.461. The van der Waals surface area contributed by atoms with Gasteiger partial charge in [0.05, 0.1) is 5.69 Å². The Labute approximate surface area is 156 Å². The fourth-order valence-corrected chi connectivity index (χ4v) is 3.48. The third-order valence-electron chi connectivity index (χ3n) is 4.01. The maximum Gasteiger partial charge on any atom is 0.193 e. The van der Waals surface area contributed by atoms with Crippen LogP contribution in [0.3, 0.4) is 0 Å². The van der Waals surface area contributed by atoms with Crippen LogP contribution in [0.4, 0.5) is 10.8 Å². The van der Waals surface area contributed by atoms with Crippen LogP contribution in [-0.4, -0.2) is 10.8 Å². The van der Waals surface area contributed by atoms with Crippen LogP contribution in [0.5, 0.6) is 0 Å². The van der Waals surface area contributed by atoms with Crippen molar-refractivity contribution >= 4 is 27.9 Å². The van der Waals surface area contributed by atoms with Crippen molar-refractivity contribution < 1.29 is 4.79 Å². The minimum Gasteiger partial charge on any atom is -0.332 e. The lowest BCUT2D eigenvalue weighted by Crippen LogP contribution is -2.03. The van der Waals surface area contributed by atoms with Crippen molar-refractivity contribution in [1.29, 1.82) is 0 Å². The summed E-state index contributed by atoms with van der Waals surface area (Å²) < 4.78 is 0. The van der Waals surface area contributed by atoms with Gasteiger partial charge < -0.3 is 5.32 Å². The summed E-state index contributed by atoms with van der Waals surface area (Å²) in [7, 11) is 0. The van der Waals surface area contributed by atoms with Gasteiger partial charge in [0.2, 0.25) is 0 Å². The molecule has 0 fully saturated rings. The van der Waals surface area contributed by atoms with Crippen LogP contribution in [0.2, 0.25) is 0 Å². The van der Waals surface area contributed by atoms with Gasteiger partial charge in [0, 0.05) is 27.8 Å². The Morgan fingerprint density at radius 2 is 1.46 bits per heavy atom. The molecular weight excluding hydrogens is 340 g/mol. The second-order valence-electron chi connectivity index (χ2n) is 5.77. The number of rotatable bonds is 5. The van der Waals surface area contributed by atoms with Gasteiger partial charge in [-0.25, -0.2) is 4.98 Å². The van der Waals surface area contributed by atoms with Crippen LogP contribution in [0.1, 0.15) is 15.9 Å². The first-order valence-electron chi connectivity index (χ1n) is 8.28. The zero-order valence-electron chi connectivity index (χ0n) is 13.9. The van der Waals surface area contributed by atoms with Gasteiger partial charge in [-0.2, -0.15) is 0 Å². The molecule has 3 aromatic carbocycles. The van der Waals surface area contributed by atoms with Crippen LogP contribution in [0.15, 0.2) is 90.3 Å². The third kappa shape index (κ3) is 3.41. The van der Waals surface area contributed by atoms with Gasteiger partial charge in [-0.15, -0.1) is 11.3 Å². The molecule has 126 valence electrons. The van der Waals surface area contributed by atoms with E-state index in [0.717, 1.165) is 22.1 Å². The van der Waals surface area contributed by atoms with Crippen LogP contribution in [-0.2, 0) is 0 Å². The molecule has 0 saturated carbocycles. The second kappa shape index (κ2) is 7.33. The summed E-state index contributed by atoms with van der Waals surface area (Å²) in [6.07, 6.45) is 0. The van der Waals surface area contributed by atoms with Crippen molar-refractivity contribution in [3.05, 3.63) is 101 Å². The van der Waals surface area contributed by atoms with E-state index in [1.54, 1.807) is 0 Å². The molecule has 0 radical (unpaired) electrons. The molecule has 0 spiro atoms. The van der Waals surface area contributed by atoms with Crippen molar-refractivity contribution in [2.75, 3.05) is 5.32 Å². The molecule has 26 heavy (non-hydrogen) atoms. The Morgan fingerprint density at radius 3 is 2.23 bits per heavy atom. The molecule has 0 aliphatic rings. The van der Waals surface area contributed by atoms with Crippen LogP contribution in [0.25, 0.3) is 11.3 Å². The molecule has 0 unspecified atom stereocenters. The maximum atomic E-state index is 12.9. The molecule has 0 saturated heterocycles. The van der Waals surface area contributed by atoms with Gasteiger partial charge in [-0.05, 0) is 12.1 Å². The molecule has 0 aliphatic heterocycles. The van der Waals surface area contributed by atoms with Crippen LogP contribution in [0, 0.1) is 0 Å². The van der Waals surface area contributed by atoms with Gasteiger partial charge in [0.15, 0.2) is 10.9 Å². The number of nitrogens with zero attached hydrogens (tertiary/aromatic N) is 1. The molecule has 1 N–H and O–H groups in total. The first kappa shape index (κ1) is 16.2. The van der Waals surface area contributed by atoms with Crippen LogP contribution < -0.4 is 5.32 Å². The van der Waals surface area contributed by atoms with E-state index >= 15 is 0 Å². The molecule has 1 heterocycles. The number of aromatic nitrogens is 1. The molecule has 0 amide bonds. The second-order valence-corrected chi connectivity index (χ2v) is 6.63. The van der Waals surface area contributed by atoms with E-state index in [9.17, 15) is 4.79 Å². The van der Waals surface area contributed by atoms with Gasteiger partial charge in [0.25, 0.3) is 0 Å². The number of carbonyl (C=O) groups is 1. The van der Waals surface area contributed by atoms with E-state index < -0.39 is 0 Å². The molecular formula is C22H16N2OS. The van der Waals surface area contributed by atoms with E-state index in [1.807, 2.05) is 90.3 Å². The number of carbonyl (C=O) groups excluding carboxylic acids is 1. The predicted molar refractivity (Wildman–Crippen MR) is 107 cm³/mol. The fraction of sp³-hybridized carbons (Fsp3) is 0. The van der Waals surface area contributed by atoms with Crippen molar-refractivity contribution in [1.82, 2.24) is 4.98 Å². The van der Waals surface area contributed by atoms with Crippen molar-refractivity contribution in [2.24, 2.45) is 0 Å². The summed E-state index contributed by atoms with van der Waals surface area (Å²) in [5.74, 6) is 0.00627. The van der Waals surface area contributed by atoms with Gasteiger partial charge in [-0.3, -0.25) is 4.79 Å². The highest BCUT2D eigenvalue weighted by Gasteiger charge is 2.16. The minimum absolute atomic E-state index is 0.00627. The highest BCUT2D eigenvalue weighted by atomic mass is 32.1. The fourth-order valence-electron chi connectivity index (χ4n) is 2.75. The summed E-state index contributed by atoms with van der Waals surface area (Å²) >= 11 is 1.52. The molecule has 1 aromatic heterocycles. The lowest BCUT2D eigenvalue weighted by molar-refractivity contribution is 0.103. The van der Waals surface area contributed by atoms with Crippen molar-refractivity contribution in [3.8, 4) is 11.3 Å². The number of para-hydroxylation sites is 1. The number of hydrogen-bond acceptors (Lipinski definition) is 4.